The third-order valence-corrected chi connectivity index (χ3v) is 7.14. The number of carbonyl (C=O) groups is 1. The predicted molar refractivity (Wildman–Crippen MR) is 132 cm³/mol. The number of pyridine rings is 1. The number of hydrogen-bond donors (Lipinski definition) is 2. The summed E-state index contributed by atoms with van der Waals surface area (Å²) < 4.78 is 61.9. The first-order valence-electron chi connectivity index (χ1n) is 12.1. The van der Waals surface area contributed by atoms with Crippen molar-refractivity contribution in [2.45, 2.75) is 31.9 Å². The second-order valence-electron chi connectivity index (χ2n) is 9.42. The Morgan fingerprint density at radius 3 is 2.51 bits per heavy atom. The van der Waals surface area contributed by atoms with Crippen LogP contribution in [-0.4, -0.2) is 54.2 Å². The molecule has 0 radical (unpaired) electrons. The number of nitrogens with one attached hydrogen (secondary N) is 1. The maximum atomic E-state index is 15.4. The molecule has 2 N–H and O–H groups in total. The molecule has 0 amide bonds. The van der Waals surface area contributed by atoms with E-state index in [4.69, 9.17) is 4.74 Å². The molecular formula is C27H29F4N3O3. The summed E-state index contributed by atoms with van der Waals surface area (Å²) in [5.41, 5.74) is -0.494. The van der Waals surface area contributed by atoms with Gasteiger partial charge in [-0.05, 0) is 69.1 Å². The van der Waals surface area contributed by atoms with E-state index in [1.807, 2.05) is 0 Å². The van der Waals surface area contributed by atoms with Crippen LogP contribution in [0.25, 0.3) is 10.9 Å². The molecule has 0 saturated carbocycles. The van der Waals surface area contributed by atoms with Gasteiger partial charge in [0.15, 0.2) is 0 Å². The van der Waals surface area contributed by atoms with E-state index in [0.29, 0.717) is 61.4 Å². The van der Waals surface area contributed by atoms with E-state index >= 15 is 4.39 Å². The van der Waals surface area contributed by atoms with Gasteiger partial charge >= 0.3 is 5.97 Å². The minimum atomic E-state index is -1.71. The van der Waals surface area contributed by atoms with Gasteiger partial charge in [-0.25, -0.2) is 17.6 Å². The molecule has 1 aliphatic rings. The Labute approximate surface area is 212 Å². The van der Waals surface area contributed by atoms with Gasteiger partial charge in [0.05, 0.1) is 24.2 Å². The van der Waals surface area contributed by atoms with Crippen LogP contribution in [0, 0.1) is 22.9 Å². The first kappa shape index (κ1) is 26.7. The fraction of sp³-hybridized carbons (Fsp3) is 0.407. The topological polar surface area (TPSA) is 74.7 Å². The Morgan fingerprint density at radius 2 is 1.86 bits per heavy atom. The van der Waals surface area contributed by atoms with Gasteiger partial charge in [-0.1, -0.05) is 0 Å². The number of alkyl halides is 1. The van der Waals surface area contributed by atoms with Gasteiger partial charge in [0.1, 0.15) is 29.4 Å². The molecule has 1 aromatic heterocycles. The van der Waals surface area contributed by atoms with Crippen LogP contribution >= 0.6 is 0 Å². The van der Waals surface area contributed by atoms with Crippen molar-refractivity contribution < 1.29 is 32.2 Å². The number of aromatic nitrogens is 1. The van der Waals surface area contributed by atoms with Crippen LogP contribution < -0.4 is 10.1 Å². The maximum absolute atomic E-state index is 15.4. The molecule has 6 nitrogen and oxygen atoms in total. The summed E-state index contributed by atoms with van der Waals surface area (Å²) in [5.74, 6) is -2.67. The average molecular weight is 520 g/mol. The number of nitrogens with zero attached hydrogens (tertiary/aromatic N) is 2. The van der Waals surface area contributed by atoms with Gasteiger partial charge in [-0.15, -0.1) is 0 Å². The average Bonchev–Trinajstić information content (AvgIpc) is 2.87. The minimum Gasteiger partial charge on any atom is -0.497 e. The lowest BCUT2D eigenvalue weighted by molar-refractivity contribution is -0.153. The fourth-order valence-electron chi connectivity index (χ4n) is 4.95. The largest absolute Gasteiger partial charge is 0.497 e. The van der Waals surface area contributed by atoms with Crippen molar-refractivity contribution in [1.29, 1.82) is 0 Å². The molecule has 1 fully saturated rings. The molecule has 3 aromatic rings. The minimum absolute atomic E-state index is 0.0609. The molecule has 0 spiro atoms. The molecule has 2 aromatic carbocycles. The second-order valence-corrected chi connectivity index (χ2v) is 9.42. The fourth-order valence-corrected chi connectivity index (χ4v) is 4.95. The molecule has 1 atom stereocenters. The molecular weight excluding hydrogens is 490 g/mol. The van der Waals surface area contributed by atoms with Gasteiger partial charge < -0.3 is 20.1 Å². The summed E-state index contributed by atoms with van der Waals surface area (Å²) in [5, 5.41) is 13.3. The number of methoxy groups -OCH3 is 1. The SMILES string of the molecule is COc1ccc2ncc(F)c([C@@H](F)CCC3(C(=O)O)CCN(CCNc4cc(F)cc(F)c4)CC3)c2c1. The van der Waals surface area contributed by atoms with Crippen molar-refractivity contribution in [3.63, 3.8) is 0 Å². The molecule has 37 heavy (non-hydrogen) atoms. The van der Waals surface area contributed by atoms with Crippen LogP contribution in [0.3, 0.4) is 0 Å². The standard InChI is InChI=1S/C27H29F4N3O3/c1-37-20-2-3-24-21(15-20)25(23(31)16-33-24)22(30)4-5-27(26(35)36)6-9-34(10-7-27)11-8-32-19-13-17(28)12-18(29)14-19/h2-3,12-16,22,32H,4-11H2,1H3,(H,35,36)/t22-/m0/s1. The Kier molecular flexibility index (Phi) is 8.16. The molecule has 0 aliphatic carbocycles. The number of hydrogen-bond acceptors (Lipinski definition) is 5. The van der Waals surface area contributed by atoms with E-state index in [-0.39, 0.29) is 18.4 Å². The quantitative estimate of drug-likeness (QED) is 0.333. The number of carboxylic acids is 1. The third kappa shape index (κ3) is 6.12. The van der Waals surface area contributed by atoms with Crippen LogP contribution in [0.1, 0.15) is 37.4 Å². The van der Waals surface area contributed by atoms with E-state index in [0.717, 1.165) is 12.3 Å². The molecule has 2 heterocycles. The molecule has 10 heteroatoms. The van der Waals surface area contributed by atoms with E-state index < -0.39 is 35.0 Å². The van der Waals surface area contributed by atoms with Gasteiger partial charge in [-0.2, -0.15) is 0 Å². The normalized spacial score (nSPS) is 16.5. The predicted octanol–water partition coefficient (Wildman–Crippen LogP) is 5.73. The van der Waals surface area contributed by atoms with Crippen LogP contribution in [-0.2, 0) is 4.79 Å². The summed E-state index contributed by atoms with van der Waals surface area (Å²) in [6.45, 7) is 1.93. The van der Waals surface area contributed by atoms with Crippen LogP contribution in [0.4, 0.5) is 23.2 Å². The number of rotatable bonds is 10. The van der Waals surface area contributed by atoms with Crippen LogP contribution in [0.2, 0.25) is 0 Å². The zero-order valence-corrected chi connectivity index (χ0v) is 20.4. The number of piperidine rings is 1. The Bertz CT molecular complexity index is 1240. The number of carboxylic acid groups (broad SMARTS) is 1. The number of benzene rings is 2. The van der Waals surface area contributed by atoms with Gasteiger partial charge in [-0.3, -0.25) is 9.78 Å². The van der Waals surface area contributed by atoms with Gasteiger partial charge in [0.2, 0.25) is 0 Å². The summed E-state index contributed by atoms with van der Waals surface area (Å²) in [4.78, 5) is 18.3. The Hall–Kier alpha value is -3.40. The summed E-state index contributed by atoms with van der Waals surface area (Å²) in [6.07, 6.45) is -0.178. The van der Waals surface area contributed by atoms with Gasteiger partial charge in [0, 0.05) is 35.8 Å². The molecule has 198 valence electrons. The smallest absolute Gasteiger partial charge is 0.309 e. The first-order valence-corrected chi connectivity index (χ1v) is 12.1. The molecule has 4 rings (SSSR count). The lowest BCUT2D eigenvalue weighted by Gasteiger charge is -2.39. The molecule has 1 saturated heterocycles. The highest BCUT2D eigenvalue weighted by Gasteiger charge is 2.41. The molecule has 0 bridgehead atoms. The van der Waals surface area contributed by atoms with E-state index in [2.05, 4.69) is 15.2 Å². The lowest BCUT2D eigenvalue weighted by Crippen LogP contribution is -2.45. The van der Waals surface area contributed by atoms with E-state index in [9.17, 15) is 23.1 Å². The van der Waals surface area contributed by atoms with Crippen LogP contribution in [0.15, 0.2) is 42.6 Å². The Balaban J connectivity index is 1.37. The second kappa shape index (κ2) is 11.3. The van der Waals surface area contributed by atoms with E-state index in [1.54, 1.807) is 12.1 Å². The third-order valence-electron chi connectivity index (χ3n) is 7.14. The van der Waals surface area contributed by atoms with Crippen molar-refractivity contribution in [3.8, 4) is 5.75 Å². The number of fused-ring (bicyclic) bond motifs is 1. The number of anilines is 1. The number of halogens is 4. The molecule has 1 aliphatic heterocycles. The van der Waals surface area contributed by atoms with E-state index in [1.165, 1.54) is 25.3 Å². The van der Waals surface area contributed by atoms with Crippen molar-refractivity contribution >= 4 is 22.6 Å². The van der Waals surface area contributed by atoms with Crippen molar-refractivity contribution in [2.75, 3.05) is 38.6 Å². The zero-order valence-electron chi connectivity index (χ0n) is 20.4. The monoisotopic (exact) mass is 519 g/mol. The summed E-state index contributed by atoms with van der Waals surface area (Å²) in [6, 6.07) is 8.01. The summed E-state index contributed by atoms with van der Waals surface area (Å²) >= 11 is 0. The lowest BCUT2D eigenvalue weighted by atomic mass is 9.74. The van der Waals surface area contributed by atoms with Crippen molar-refractivity contribution in [2.24, 2.45) is 5.41 Å². The van der Waals surface area contributed by atoms with Gasteiger partial charge in [0.25, 0.3) is 0 Å². The number of ether oxygens (including phenoxy) is 1. The first-order chi connectivity index (χ1) is 17.7. The number of likely N-dealkylation sites (tertiary alicyclic amines) is 1. The highest BCUT2D eigenvalue weighted by atomic mass is 19.1. The van der Waals surface area contributed by atoms with Crippen LogP contribution in [0.5, 0.6) is 5.75 Å². The zero-order chi connectivity index (χ0) is 26.6. The highest BCUT2D eigenvalue weighted by Crippen LogP contribution is 2.41. The number of aliphatic carboxylic acids is 1. The Morgan fingerprint density at radius 1 is 1.16 bits per heavy atom. The highest BCUT2D eigenvalue weighted by molar-refractivity contribution is 5.84. The van der Waals surface area contributed by atoms with Crippen molar-refractivity contribution in [1.82, 2.24) is 9.88 Å². The van der Waals surface area contributed by atoms with Crippen molar-refractivity contribution in [3.05, 3.63) is 65.6 Å². The summed E-state index contributed by atoms with van der Waals surface area (Å²) in [7, 11) is 1.46. The molecule has 0 unspecified atom stereocenters. The maximum Gasteiger partial charge on any atom is 0.309 e.